The molecule has 1 aliphatic rings. The third-order valence-electron chi connectivity index (χ3n) is 5.79. The molecule has 28 heavy (non-hydrogen) atoms. The number of hydrogen-bond acceptors (Lipinski definition) is 6. The van der Waals surface area contributed by atoms with Crippen molar-refractivity contribution in [1.29, 1.82) is 0 Å². The van der Waals surface area contributed by atoms with E-state index in [0.29, 0.717) is 38.3 Å². The molecule has 0 unspecified atom stereocenters. The van der Waals surface area contributed by atoms with Crippen LogP contribution in [-0.2, 0) is 9.53 Å². The molecule has 1 saturated carbocycles. The van der Waals surface area contributed by atoms with Gasteiger partial charge in [-0.25, -0.2) is 9.78 Å². The van der Waals surface area contributed by atoms with E-state index >= 15 is 0 Å². The first kappa shape index (κ1) is 20.5. The number of aromatic amines is 1. The van der Waals surface area contributed by atoms with Gasteiger partial charge < -0.3 is 15.0 Å². The number of fused-ring (bicyclic) bond motifs is 1. The van der Waals surface area contributed by atoms with Gasteiger partial charge in [0.25, 0.3) is 11.5 Å². The van der Waals surface area contributed by atoms with E-state index in [1.165, 1.54) is 6.42 Å². The summed E-state index contributed by atoms with van der Waals surface area (Å²) in [6.07, 6.45) is 2.30. The number of aromatic nitrogens is 2. The monoisotopic (exact) mass is 405 g/mol. The van der Waals surface area contributed by atoms with E-state index in [2.05, 4.69) is 29.1 Å². The molecule has 1 aliphatic carbocycles. The molecule has 2 heterocycles. The third kappa shape index (κ3) is 3.97. The molecule has 2 aromatic heterocycles. The highest BCUT2D eigenvalue weighted by Crippen LogP contribution is 2.30. The molecule has 0 saturated heterocycles. The fraction of sp³-hybridized carbons (Fsp3) is 0.600. The van der Waals surface area contributed by atoms with Crippen LogP contribution in [0.1, 0.15) is 61.1 Å². The smallest absolute Gasteiger partial charge is 0.349 e. The van der Waals surface area contributed by atoms with E-state index in [1.807, 2.05) is 0 Å². The Morgan fingerprint density at radius 1 is 1.29 bits per heavy atom. The van der Waals surface area contributed by atoms with Crippen LogP contribution in [0.3, 0.4) is 0 Å². The van der Waals surface area contributed by atoms with Gasteiger partial charge in [0.15, 0.2) is 6.10 Å². The molecule has 8 heteroatoms. The molecule has 152 valence electrons. The van der Waals surface area contributed by atoms with Crippen LogP contribution in [0, 0.1) is 25.7 Å². The number of nitrogens with one attached hydrogen (secondary N) is 2. The molecule has 0 aliphatic heterocycles. The van der Waals surface area contributed by atoms with Crippen molar-refractivity contribution >= 4 is 33.4 Å². The topological polar surface area (TPSA) is 101 Å². The van der Waals surface area contributed by atoms with Gasteiger partial charge in [0.05, 0.1) is 5.39 Å². The van der Waals surface area contributed by atoms with Crippen molar-refractivity contribution in [2.45, 2.75) is 66.0 Å². The van der Waals surface area contributed by atoms with Crippen molar-refractivity contribution in [3.63, 3.8) is 0 Å². The van der Waals surface area contributed by atoms with Crippen LogP contribution in [0.2, 0.25) is 0 Å². The van der Waals surface area contributed by atoms with Crippen molar-refractivity contribution in [2.24, 2.45) is 11.8 Å². The minimum atomic E-state index is -0.908. The van der Waals surface area contributed by atoms with Gasteiger partial charge in [-0.2, -0.15) is 0 Å². The quantitative estimate of drug-likeness (QED) is 0.761. The normalized spacial score (nSPS) is 23.4. The van der Waals surface area contributed by atoms with Crippen LogP contribution >= 0.6 is 11.3 Å². The summed E-state index contributed by atoms with van der Waals surface area (Å²) in [5.41, 5.74) is 0.252. The third-order valence-corrected chi connectivity index (χ3v) is 6.96. The van der Waals surface area contributed by atoms with E-state index in [-0.39, 0.29) is 17.5 Å². The second kappa shape index (κ2) is 8.03. The molecule has 1 fully saturated rings. The van der Waals surface area contributed by atoms with Gasteiger partial charge >= 0.3 is 5.97 Å². The van der Waals surface area contributed by atoms with Gasteiger partial charge in [0.1, 0.15) is 15.5 Å². The Bertz CT molecular complexity index is 964. The molecule has 1 amide bonds. The number of amides is 1. The maximum atomic E-state index is 12.6. The second-order valence-corrected chi connectivity index (χ2v) is 8.82. The van der Waals surface area contributed by atoms with Crippen LogP contribution in [-0.4, -0.2) is 34.0 Å². The zero-order valence-electron chi connectivity index (χ0n) is 16.9. The minimum absolute atomic E-state index is 0.106. The number of H-pyrrole nitrogens is 1. The average molecular weight is 406 g/mol. The predicted octanol–water partition coefficient (Wildman–Crippen LogP) is 3.09. The van der Waals surface area contributed by atoms with Gasteiger partial charge in [-0.1, -0.05) is 26.7 Å². The van der Waals surface area contributed by atoms with E-state index in [1.54, 1.807) is 20.8 Å². The fourth-order valence-electron chi connectivity index (χ4n) is 3.80. The van der Waals surface area contributed by atoms with Gasteiger partial charge in [-0.3, -0.25) is 9.59 Å². The number of esters is 1. The molecule has 0 spiro atoms. The number of ether oxygens (including phenoxy) is 1. The lowest BCUT2D eigenvalue weighted by atomic mass is 9.78. The first-order valence-corrected chi connectivity index (χ1v) is 10.5. The predicted molar refractivity (Wildman–Crippen MR) is 109 cm³/mol. The van der Waals surface area contributed by atoms with Gasteiger partial charge in [-0.05, 0) is 44.6 Å². The van der Waals surface area contributed by atoms with Gasteiger partial charge in [-0.15, -0.1) is 11.3 Å². The Morgan fingerprint density at radius 2 is 2.00 bits per heavy atom. The highest BCUT2D eigenvalue weighted by molar-refractivity contribution is 7.20. The molecule has 0 bridgehead atoms. The molecule has 2 aromatic rings. The SMILES string of the molecule is Cc1nc2sc(C(=O)O[C@H](C)C(=O)N[C@@H]3CCC[C@@H](C)[C@@H]3C)c(C)c2c(=O)[nH]1. The van der Waals surface area contributed by atoms with Crippen molar-refractivity contribution in [3.05, 3.63) is 26.6 Å². The van der Waals surface area contributed by atoms with Crippen molar-refractivity contribution in [2.75, 3.05) is 0 Å². The number of carbonyl (C=O) groups is 2. The maximum absolute atomic E-state index is 12.6. The van der Waals surface area contributed by atoms with Gasteiger partial charge in [0.2, 0.25) is 0 Å². The fourth-order valence-corrected chi connectivity index (χ4v) is 4.91. The highest BCUT2D eigenvalue weighted by atomic mass is 32.1. The van der Waals surface area contributed by atoms with Crippen LogP contribution in [0.4, 0.5) is 0 Å². The molecule has 3 rings (SSSR count). The van der Waals surface area contributed by atoms with Crippen LogP contribution in [0.15, 0.2) is 4.79 Å². The molecule has 2 N–H and O–H groups in total. The van der Waals surface area contributed by atoms with Gasteiger partial charge in [0, 0.05) is 6.04 Å². The average Bonchev–Trinajstić information content (AvgIpc) is 2.95. The number of hydrogen-bond donors (Lipinski definition) is 2. The summed E-state index contributed by atoms with van der Waals surface area (Å²) in [5, 5.41) is 3.43. The number of aryl methyl sites for hydroxylation is 2. The number of carbonyl (C=O) groups excluding carboxylic acids is 2. The second-order valence-electron chi connectivity index (χ2n) is 7.82. The summed E-state index contributed by atoms with van der Waals surface area (Å²) < 4.78 is 5.40. The van der Waals surface area contributed by atoms with Crippen LogP contribution in [0.25, 0.3) is 10.2 Å². The van der Waals surface area contributed by atoms with E-state index in [4.69, 9.17) is 4.74 Å². The van der Waals surface area contributed by atoms with Crippen LogP contribution < -0.4 is 10.9 Å². The summed E-state index contributed by atoms with van der Waals surface area (Å²) >= 11 is 1.11. The lowest BCUT2D eigenvalue weighted by Gasteiger charge is -2.35. The highest BCUT2D eigenvalue weighted by Gasteiger charge is 2.30. The molecule has 7 nitrogen and oxygen atoms in total. The standard InChI is InChI=1S/C20H27N3O4S/c1-9-7-6-8-14(10(9)2)23-17(24)12(4)27-20(26)16-11(3)15-18(25)21-13(5)22-19(15)28-16/h9-10,12,14H,6-8H2,1-5H3,(H,23,24)(H,21,22,25)/t9-,10+,12-,14-/m1/s1. The number of thiophene rings is 1. The van der Waals surface area contributed by atoms with E-state index < -0.39 is 12.1 Å². The molecular weight excluding hydrogens is 378 g/mol. The van der Waals surface area contributed by atoms with Crippen molar-refractivity contribution in [3.8, 4) is 0 Å². The van der Waals surface area contributed by atoms with Crippen LogP contribution in [0.5, 0.6) is 0 Å². The Kier molecular flexibility index (Phi) is 5.88. The summed E-state index contributed by atoms with van der Waals surface area (Å²) in [5.74, 6) is 0.552. The molecule has 0 aromatic carbocycles. The summed E-state index contributed by atoms with van der Waals surface area (Å²) in [4.78, 5) is 45.0. The first-order valence-electron chi connectivity index (χ1n) is 9.70. The maximum Gasteiger partial charge on any atom is 0.349 e. The first-order chi connectivity index (χ1) is 13.2. The summed E-state index contributed by atoms with van der Waals surface area (Å²) in [7, 11) is 0. The Balaban J connectivity index is 1.71. The Labute approximate surface area is 167 Å². The molecule has 4 atom stereocenters. The van der Waals surface area contributed by atoms with E-state index in [9.17, 15) is 14.4 Å². The molecular formula is C20H27N3O4S. The Hall–Kier alpha value is -2.22. The summed E-state index contributed by atoms with van der Waals surface area (Å²) in [6, 6.07) is 0.106. The Morgan fingerprint density at radius 3 is 2.71 bits per heavy atom. The lowest BCUT2D eigenvalue weighted by molar-refractivity contribution is -0.130. The zero-order valence-corrected chi connectivity index (χ0v) is 17.7. The number of rotatable bonds is 4. The lowest BCUT2D eigenvalue weighted by Crippen LogP contribution is -2.47. The number of nitrogens with zero attached hydrogens (tertiary/aromatic N) is 1. The minimum Gasteiger partial charge on any atom is -0.448 e. The van der Waals surface area contributed by atoms with E-state index in [0.717, 1.165) is 24.2 Å². The summed E-state index contributed by atoms with van der Waals surface area (Å²) in [6.45, 7) is 9.31. The van der Waals surface area contributed by atoms with Crippen molar-refractivity contribution < 1.29 is 14.3 Å². The zero-order chi connectivity index (χ0) is 20.6. The van der Waals surface area contributed by atoms with Crippen molar-refractivity contribution in [1.82, 2.24) is 15.3 Å². The molecule has 0 radical (unpaired) electrons. The largest absolute Gasteiger partial charge is 0.448 e.